The van der Waals surface area contributed by atoms with E-state index >= 15 is 0 Å². The molecule has 0 aromatic heterocycles. The summed E-state index contributed by atoms with van der Waals surface area (Å²) in [6, 6.07) is 0. The van der Waals surface area contributed by atoms with Gasteiger partial charge in [-0.15, -0.1) is 0 Å². The fourth-order valence-corrected chi connectivity index (χ4v) is 1.50. The van der Waals surface area contributed by atoms with Crippen molar-refractivity contribution in [3.8, 4) is 0 Å². The number of unbranched alkanes of at least 4 members (excludes halogenated alkanes) is 3. The molecule has 1 unspecified atom stereocenters. The van der Waals surface area contributed by atoms with Gasteiger partial charge in [0.1, 0.15) is 0 Å². The molecule has 98 valence electrons. The average molecular weight is 240 g/mol. The van der Waals surface area contributed by atoms with Crippen LogP contribution in [-0.4, -0.2) is 18.9 Å². The Bertz CT molecular complexity index is 157. The molecule has 0 saturated carbocycles. The van der Waals surface area contributed by atoms with E-state index in [9.17, 15) is 13.2 Å². The lowest BCUT2D eigenvalue weighted by atomic mass is 10.1. The predicted molar refractivity (Wildman–Crippen MR) is 59.5 cm³/mol. The summed E-state index contributed by atoms with van der Waals surface area (Å²) in [6.45, 7) is 4.30. The van der Waals surface area contributed by atoms with Crippen molar-refractivity contribution in [2.45, 2.75) is 71.1 Å². The Morgan fingerprint density at radius 3 is 2.31 bits per heavy atom. The molecule has 0 heterocycles. The normalized spacial score (nSPS) is 14.1. The highest BCUT2D eigenvalue weighted by Gasteiger charge is 2.26. The number of ether oxygens (including phenoxy) is 1. The van der Waals surface area contributed by atoms with Crippen LogP contribution in [0.1, 0.15) is 58.8 Å². The first kappa shape index (κ1) is 15.8. The molecule has 0 rings (SSSR count). The van der Waals surface area contributed by atoms with Crippen LogP contribution in [-0.2, 0) is 4.74 Å². The Balaban J connectivity index is 3.27. The van der Waals surface area contributed by atoms with Crippen molar-refractivity contribution in [2.75, 3.05) is 6.61 Å². The van der Waals surface area contributed by atoms with Crippen LogP contribution >= 0.6 is 0 Å². The second-order valence-electron chi connectivity index (χ2n) is 4.25. The quantitative estimate of drug-likeness (QED) is 0.530. The molecule has 0 radical (unpaired) electrons. The van der Waals surface area contributed by atoms with E-state index in [-0.39, 0.29) is 19.1 Å². The van der Waals surface area contributed by atoms with Crippen molar-refractivity contribution in [1.29, 1.82) is 0 Å². The van der Waals surface area contributed by atoms with E-state index in [0.29, 0.717) is 0 Å². The van der Waals surface area contributed by atoms with Crippen molar-refractivity contribution in [2.24, 2.45) is 0 Å². The third kappa shape index (κ3) is 11.8. The van der Waals surface area contributed by atoms with Crippen LogP contribution in [0.4, 0.5) is 13.2 Å². The first-order chi connectivity index (χ1) is 7.45. The molecule has 1 atom stereocenters. The second kappa shape index (κ2) is 8.85. The zero-order valence-electron chi connectivity index (χ0n) is 10.3. The third-order valence-electron chi connectivity index (χ3n) is 2.47. The average Bonchev–Trinajstić information content (AvgIpc) is 2.18. The van der Waals surface area contributed by atoms with E-state index < -0.39 is 12.6 Å². The van der Waals surface area contributed by atoms with Gasteiger partial charge in [-0.1, -0.05) is 32.6 Å². The highest BCUT2D eigenvalue weighted by molar-refractivity contribution is 4.54. The second-order valence-corrected chi connectivity index (χ2v) is 4.25. The number of hydrogen-bond acceptors (Lipinski definition) is 1. The Labute approximate surface area is 96.4 Å². The molecule has 1 nitrogen and oxygen atoms in total. The van der Waals surface area contributed by atoms with E-state index in [1.54, 1.807) is 0 Å². The summed E-state index contributed by atoms with van der Waals surface area (Å²) in [5.74, 6) is 0. The smallest absolute Gasteiger partial charge is 0.379 e. The number of rotatable bonds is 9. The minimum absolute atomic E-state index is 0.0722. The van der Waals surface area contributed by atoms with Crippen LogP contribution in [0, 0.1) is 0 Å². The van der Waals surface area contributed by atoms with Crippen molar-refractivity contribution in [3.63, 3.8) is 0 Å². The lowest BCUT2D eigenvalue weighted by Crippen LogP contribution is -2.12. The monoisotopic (exact) mass is 240 g/mol. The molecule has 0 aliphatic rings. The van der Waals surface area contributed by atoms with Gasteiger partial charge >= 0.3 is 6.18 Å². The number of halogens is 3. The summed E-state index contributed by atoms with van der Waals surface area (Å²) in [5.41, 5.74) is 0. The highest BCUT2D eigenvalue weighted by atomic mass is 19.4. The van der Waals surface area contributed by atoms with E-state index in [1.807, 2.05) is 6.92 Å². The molecule has 0 bridgehead atoms. The zero-order valence-corrected chi connectivity index (χ0v) is 10.3. The predicted octanol–water partition coefficient (Wildman–Crippen LogP) is 4.70. The Kier molecular flexibility index (Phi) is 8.71. The molecule has 0 aliphatic carbocycles. The summed E-state index contributed by atoms with van der Waals surface area (Å²) >= 11 is 0. The molecular weight excluding hydrogens is 217 g/mol. The van der Waals surface area contributed by atoms with Crippen LogP contribution in [0.25, 0.3) is 0 Å². The zero-order chi connectivity index (χ0) is 12.4. The summed E-state index contributed by atoms with van der Waals surface area (Å²) in [4.78, 5) is 0. The molecule has 0 aliphatic heterocycles. The molecule has 0 spiro atoms. The lowest BCUT2D eigenvalue weighted by Gasteiger charge is -2.13. The molecule has 0 N–H and O–H groups in total. The molecule has 0 fully saturated rings. The number of alkyl halides is 3. The number of hydrogen-bond donors (Lipinski definition) is 0. The lowest BCUT2D eigenvalue weighted by molar-refractivity contribution is -0.138. The molecule has 16 heavy (non-hydrogen) atoms. The van der Waals surface area contributed by atoms with Gasteiger partial charge in [-0.25, -0.2) is 0 Å². The Hall–Kier alpha value is -0.250. The van der Waals surface area contributed by atoms with Gasteiger partial charge in [0.2, 0.25) is 0 Å². The highest BCUT2D eigenvalue weighted by Crippen LogP contribution is 2.21. The molecule has 0 amide bonds. The molecule has 0 saturated heterocycles. The van der Waals surface area contributed by atoms with Crippen molar-refractivity contribution < 1.29 is 17.9 Å². The van der Waals surface area contributed by atoms with Gasteiger partial charge in [-0.05, 0) is 19.8 Å². The summed E-state index contributed by atoms with van der Waals surface area (Å²) in [6.07, 6.45) is 1.03. The summed E-state index contributed by atoms with van der Waals surface area (Å²) in [7, 11) is 0. The van der Waals surface area contributed by atoms with Gasteiger partial charge in [0.15, 0.2) is 0 Å². The van der Waals surface area contributed by atoms with Gasteiger partial charge in [-0.3, -0.25) is 0 Å². The van der Waals surface area contributed by atoms with Gasteiger partial charge in [0.25, 0.3) is 0 Å². The maximum Gasteiger partial charge on any atom is 0.389 e. The summed E-state index contributed by atoms with van der Waals surface area (Å²) in [5, 5.41) is 0. The standard InChI is InChI=1S/C12H23F3O/c1-3-4-5-6-8-11(2)16-10-7-9-12(13,14)15/h11H,3-10H2,1-2H3. The molecular formula is C12H23F3O. The summed E-state index contributed by atoms with van der Waals surface area (Å²) < 4.78 is 40.8. The maximum absolute atomic E-state index is 11.8. The van der Waals surface area contributed by atoms with E-state index in [4.69, 9.17) is 4.74 Å². The fraction of sp³-hybridized carbons (Fsp3) is 1.00. The van der Waals surface area contributed by atoms with Crippen LogP contribution in [0.2, 0.25) is 0 Å². The van der Waals surface area contributed by atoms with Crippen LogP contribution in [0.15, 0.2) is 0 Å². The van der Waals surface area contributed by atoms with E-state index in [1.165, 1.54) is 19.3 Å². The van der Waals surface area contributed by atoms with Gasteiger partial charge in [-0.2, -0.15) is 13.2 Å². The Morgan fingerprint density at radius 2 is 1.75 bits per heavy atom. The minimum atomic E-state index is -4.05. The SMILES string of the molecule is CCCCCCC(C)OCCCC(F)(F)F. The van der Waals surface area contributed by atoms with Crippen LogP contribution in [0.3, 0.4) is 0 Å². The molecule has 0 aromatic carbocycles. The largest absolute Gasteiger partial charge is 0.389 e. The third-order valence-corrected chi connectivity index (χ3v) is 2.47. The van der Waals surface area contributed by atoms with E-state index in [2.05, 4.69) is 6.92 Å². The van der Waals surface area contributed by atoms with Crippen molar-refractivity contribution in [1.82, 2.24) is 0 Å². The first-order valence-corrected chi connectivity index (χ1v) is 6.14. The van der Waals surface area contributed by atoms with Gasteiger partial charge in [0, 0.05) is 13.0 Å². The van der Waals surface area contributed by atoms with Gasteiger partial charge < -0.3 is 4.74 Å². The van der Waals surface area contributed by atoms with Crippen LogP contribution in [0.5, 0.6) is 0 Å². The molecule has 4 heteroatoms. The van der Waals surface area contributed by atoms with Crippen LogP contribution < -0.4 is 0 Å². The fourth-order valence-electron chi connectivity index (χ4n) is 1.50. The maximum atomic E-state index is 11.8. The van der Waals surface area contributed by atoms with Gasteiger partial charge in [0.05, 0.1) is 6.10 Å². The first-order valence-electron chi connectivity index (χ1n) is 6.14. The minimum Gasteiger partial charge on any atom is -0.379 e. The van der Waals surface area contributed by atoms with Crippen molar-refractivity contribution in [3.05, 3.63) is 0 Å². The topological polar surface area (TPSA) is 9.23 Å². The van der Waals surface area contributed by atoms with Crippen molar-refractivity contribution >= 4 is 0 Å². The van der Waals surface area contributed by atoms with E-state index in [0.717, 1.165) is 12.8 Å². The molecule has 0 aromatic rings. The Morgan fingerprint density at radius 1 is 1.06 bits per heavy atom.